The smallest absolute Gasteiger partial charge is 0.226 e. The molecule has 0 radical (unpaired) electrons. The van der Waals surface area contributed by atoms with Crippen LogP contribution in [0.2, 0.25) is 0 Å². The molecule has 0 spiro atoms. The number of nitrogens with one attached hydrogen (secondary N) is 2. The molecule has 2 aromatic carbocycles. The van der Waals surface area contributed by atoms with Gasteiger partial charge in [-0.1, -0.05) is 36.4 Å². The molecule has 3 aromatic rings. The number of hydrogen-bond acceptors (Lipinski definition) is 7. The molecule has 1 fully saturated rings. The standard InChI is InChI=1S/C22H26N4O2S/c1-26-20(24-25-22(26)29-2)14-17-10-6-7-11-19(17)27-13-12-18-15-28-21(23-18)16-8-4-3-5-9-16/h3-11,15,20,22,24-25H,12-14H2,1-2H3. The Morgan fingerprint density at radius 1 is 1.10 bits per heavy atom. The van der Waals surface area contributed by atoms with Gasteiger partial charge < -0.3 is 9.15 Å². The highest BCUT2D eigenvalue weighted by Gasteiger charge is 2.29. The molecule has 0 amide bonds. The molecule has 0 saturated carbocycles. The zero-order valence-electron chi connectivity index (χ0n) is 16.7. The predicted octanol–water partition coefficient (Wildman–Crippen LogP) is 3.52. The molecule has 29 heavy (non-hydrogen) atoms. The Morgan fingerprint density at radius 3 is 2.69 bits per heavy atom. The zero-order chi connectivity index (χ0) is 20.1. The summed E-state index contributed by atoms with van der Waals surface area (Å²) in [6, 6.07) is 18.1. The fourth-order valence-electron chi connectivity index (χ4n) is 3.38. The lowest BCUT2D eigenvalue weighted by atomic mass is 10.1. The maximum Gasteiger partial charge on any atom is 0.226 e. The van der Waals surface area contributed by atoms with E-state index < -0.39 is 0 Å². The molecule has 0 bridgehead atoms. The molecule has 7 heteroatoms. The first-order valence-corrected chi connectivity index (χ1v) is 11.0. The highest BCUT2D eigenvalue weighted by Crippen LogP contribution is 2.24. The van der Waals surface area contributed by atoms with Crippen LogP contribution in [0, 0.1) is 0 Å². The summed E-state index contributed by atoms with van der Waals surface area (Å²) in [5.41, 5.74) is 10.0. The second kappa shape index (κ2) is 9.45. The number of benzene rings is 2. The number of para-hydroxylation sites is 1. The zero-order valence-corrected chi connectivity index (χ0v) is 17.5. The van der Waals surface area contributed by atoms with Gasteiger partial charge in [0.2, 0.25) is 5.89 Å². The molecule has 2 N–H and O–H groups in total. The summed E-state index contributed by atoms with van der Waals surface area (Å²) in [7, 11) is 2.12. The molecule has 1 aliphatic heterocycles. The molecular weight excluding hydrogens is 384 g/mol. The van der Waals surface area contributed by atoms with Gasteiger partial charge in [-0.05, 0) is 37.1 Å². The highest BCUT2D eigenvalue weighted by atomic mass is 32.2. The van der Waals surface area contributed by atoms with Gasteiger partial charge in [-0.2, -0.15) is 0 Å². The van der Waals surface area contributed by atoms with Crippen LogP contribution in [-0.2, 0) is 12.8 Å². The van der Waals surface area contributed by atoms with Crippen molar-refractivity contribution in [3.8, 4) is 17.2 Å². The lowest BCUT2D eigenvalue weighted by molar-refractivity contribution is 0.271. The van der Waals surface area contributed by atoms with Crippen LogP contribution in [0.4, 0.5) is 0 Å². The van der Waals surface area contributed by atoms with Crippen molar-refractivity contribution >= 4 is 11.8 Å². The second-order valence-electron chi connectivity index (χ2n) is 6.98. The lowest BCUT2D eigenvalue weighted by Crippen LogP contribution is -2.37. The summed E-state index contributed by atoms with van der Waals surface area (Å²) in [6.07, 6.45) is 5.59. The van der Waals surface area contributed by atoms with Crippen molar-refractivity contribution in [2.75, 3.05) is 19.9 Å². The average molecular weight is 411 g/mol. The van der Waals surface area contributed by atoms with Gasteiger partial charge in [0, 0.05) is 18.4 Å². The fourth-order valence-corrected chi connectivity index (χ4v) is 4.04. The quantitative estimate of drug-likeness (QED) is 0.589. The molecule has 6 nitrogen and oxygen atoms in total. The van der Waals surface area contributed by atoms with Crippen LogP contribution >= 0.6 is 11.8 Å². The number of thioether (sulfide) groups is 1. The first kappa shape index (κ1) is 20.0. The third-order valence-corrected chi connectivity index (χ3v) is 5.93. The summed E-state index contributed by atoms with van der Waals surface area (Å²) in [5.74, 6) is 1.56. The van der Waals surface area contributed by atoms with Crippen LogP contribution in [0.5, 0.6) is 5.75 Å². The Balaban J connectivity index is 1.34. The predicted molar refractivity (Wildman–Crippen MR) is 116 cm³/mol. The number of hydrazine groups is 1. The number of nitrogens with zero attached hydrogens (tertiary/aromatic N) is 2. The molecule has 2 atom stereocenters. The van der Waals surface area contributed by atoms with E-state index in [2.05, 4.69) is 46.2 Å². The summed E-state index contributed by atoms with van der Waals surface area (Å²) in [6.45, 7) is 0.553. The van der Waals surface area contributed by atoms with Gasteiger partial charge in [0.15, 0.2) is 0 Å². The van der Waals surface area contributed by atoms with Crippen LogP contribution in [0.1, 0.15) is 11.3 Å². The van der Waals surface area contributed by atoms with Gasteiger partial charge in [0.1, 0.15) is 17.5 Å². The third kappa shape index (κ3) is 4.82. The van der Waals surface area contributed by atoms with Crippen LogP contribution in [0.15, 0.2) is 65.3 Å². The minimum Gasteiger partial charge on any atom is -0.493 e. The van der Waals surface area contributed by atoms with Gasteiger partial charge >= 0.3 is 0 Å². The summed E-state index contributed by atoms with van der Waals surface area (Å²) in [4.78, 5) is 6.86. The largest absolute Gasteiger partial charge is 0.493 e. The van der Waals surface area contributed by atoms with Gasteiger partial charge in [-0.3, -0.25) is 4.90 Å². The van der Waals surface area contributed by atoms with E-state index in [1.165, 1.54) is 5.56 Å². The first-order chi connectivity index (χ1) is 14.2. The highest BCUT2D eigenvalue weighted by molar-refractivity contribution is 7.99. The van der Waals surface area contributed by atoms with Crippen molar-refractivity contribution in [1.82, 2.24) is 20.7 Å². The van der Waals surface area contributed by atoms with Crippen molar-refractivity contribution < 1.29 is 9.15 Å². The van der Waals surface area contributed by atoms with Crippen LogP contribution in [0.3, 0.4) is 0 Å². The number of aromatic nitrogens is 1. The van der Waals surface area contributed by atoms with E-state index in [1.807, 2.05) is 42.5 Å². The second-order valence-corrected chi connectivity index (χ2v) is 7.90. The Kier molecular flexibility index (Phi) is 6.51. The summed E-state index contributed by atoms with van der Waals surface area (Å²) in [5, 5.41) is 0. The lowest BCUT2D eigenvalue weighted by Gasteiger charge is -2.22. The van der Waals surface area contributed by atoms with Crippen molar-refractivity contribution in [2.24, 2.45) is 0 Å². The van der Waals surface area contributed by atoms with E-state index in [-0.39, 0.29) is 11.7 Å². The fraction of sp³-hybridized carbons (Fsp3) is 0.318. The topological polar surface area (TPSA) is 62.6 Å². The van der Waals surface area contributed by atoms with Gasteiger partial charge in [0.05, 0.1) is 18.5 Å². The van der Waals surface area contributed by atoms with E-state index in [0.29, 0.717) is 18.9 Å². The Hall–Kier alpha value is -2.32. The van der Waals surface area contributed by atoms with E-state index >= 15 is 0 Å². The SMILES string of the molecule is CSC1NNC(Cc2ccccc2OCCc2coc(-c3ccccc3)n2)N1C. The molecule has 4 rings (SSSR count). The van der Waals surface area contributed by atoms with Crippen molar-refractivity contribution in [3.63, 3.8) is 0 Å². The minimum absolute atomic E-state index is 0.223. The Labute approximate surface area is 175 Å². The number of likely N-dealkylation sites (N-methyl/N-ethyl adjacent to an activating group) is 1. The van der Waals surface area contributed by atoms with Crippen LogP contribution < -0.4 is 15.6 Å². The average Bonchev–Trinajstić information content (AvgIpc) is 3.37. The first-order valence-electron chi connectivity index (χ1n) is 9.71. The summed E-state index contributed by atoms with van der Waals surface area (Å²) < 4.78 is 11.7. The van der Waals surface area contributed by atoms with Crippen LogP contribution in [0.25, 0.3) is 11.5 Å². The van der Waals surface area contributed by atoms with E-state index in [4.69, 9.17) is 9.15 Å². The van der Waals surface area contributed by atoms with E-state index in [1.54, 1.807) is 18.0 Å². The monoisotopic (exact) mass is 410 g/mol. The molecule has 1 aromatic heterocycles. The normalized spacial score (nSPS) is 19.5. The molecule has 1 saturated heterocycles. The molecule has 152 valence electrons. The van der Waals surface area contributed by atoms with Crippen molar-refractivity contribution in [1.29, 1.82) is 0 Å². The molecule has 1 aliphatic rings. The third-order valence-electron chi connectivity index (χ3n) is 5.03. The van der Waals surface area contributed by atoms with Gasteiger partial charge in [0.25, 0.3) is 0 Å². The minimum atomic E-state index is 0.223. The Morgan fingerprint density at radius 2 is 1.90 bits per heavy atom. The van der Waals surface area contributed by atoms with Crippen LogP contribution in [-0.4, -0.2) is 41.5 Å². The molecule has 2 heterocycles. The van der Waals surface area contributed by atoms with Crippen molar-refractivity contribution in [3.05, 3.63) is 72.1 Å². The number of hydrogen-bond donors (Lipinski definition) is 2. The Bertz CT molecular complexity index is 918. The maximum absolute atomic E-state index is 6.10. The number of rotatable bonds is 8. The maximum atomic E-state index is 6.10. The molecule has 0 aliphatic carbocycles. The summed E-state index contributed by atoms with van der Waals surface area (Å²) >= 11 is 1.78. The molecule has 2 unspecified atom stereocenters. The van der Waals surface area contributed by atoms with Gasteiger partial charge in [-0.25, -0.2) is 15.8 Å². The molecular formula is C22H26N4O2S. The number of oxazole rings is 1. The van der Waals surface area contributed by atoms with E-state index in [9.17, 15) is 0 Å². The van der Waals surface area contributed by atoms with Crippen molar-refractivity contribution in [2.45, 2.75) is 24.5 Å². The number of ether oxygens (including phenoxy) is 1. The van der Waals surface area contributed by atoms with E-state index in [0.717, 1.165) is 23.4 Å². The van der Waals surface area contributed by atoms with Gasteiger partial charge in [-0.15, -0.1) is 11.8 Å².